The van der Waals surface area contributed by atoms with E-state index in [9.17, 15) is 0 Å². The summed E-state index contributed by atoms with van der Waals surface area (Å²) in [6.45, 7) is 0.586. The standard InChI is InChI=1S/C22H27NO/c23-22(19-12-7-2-1-3-8-13-19)20-14-9-15-21(16-20)24-17-18-10-5-4-6-11-18/h4-6,9-12,14-16,22H,1-3,7-8,13,17,23H2/b19-12+. The minimum atomic E-state index is -0.0108. The van der Waals surface area contributed by atoms with Crippen LogP contribution in [0.2, 0.25) is 0 Å². The topological polar surface area (TPSA) is 35.2 Å². The van der Waals surface area contributed by atoms with E-state index in [4.69, 9.17) is 10.5 Å². The lowest BCUT2D eigenvalue weighted by atomic mass is 9.91. The second-order valence-corrected chi connectivity index (χ2v) is 6.56. The van der Waals surface area contributed by atoms with Gasteiger partial charge in [0.15, 0.2) is 0 Å². The smallest absolute Gasteiger partial charge is 0.120 e. The van der Waals surface area contributed by atoms with Crippen LogP contribution >= 0.6 is 0 Å². The average molecular weight is 321 g/mol. The first-order valence-corrected chi connectivity index (χ1v) is 9.04. The van der Waals surface area contributed by atoms with Gasteiger partial charge in [-0.2, -0.15) is 0 Å². The van der Waals surface area contributed by atoms with E-state index >= 15 is 0 Å². The Morgan fingerprint density at radius 1 is 0.917 bits per heavy atom. The first-order chi connectivity index (χ1) is 11.8. The van der Waals surface area contributed by atoms with Crippen molar-refractivity contribution >= 4 is 0 Å². The molecule has 0 heterocycles. The molecule has 126 valence electrons. The lowest BCUT2D eigenvalue weighted by Crippen LogP contribution is -2.14. The first-order valence-electron chi connectivity index (χ1n) is 9.04. The van der Waals surface area contributed by atoms with E-state index in [0.717, 1.165) is 24.2 Å². The predicted molar refractivity (Wildman–Crippen MR) is 99.9 cm³/mol. The van der Waals surface area contributed by atoms with Gasteiger partial charge in [0, 0.05) is 0 Å². The zero-order chi connectivity index (χ0) is 16.6. The van der Waals surface area contributed by atoms with E-state index < -0.39 is 0 Å². The van der Waals surface area contributed by atoms with Crippen LogP contribution in [0.4, 0.5) is 0 Å². The molecule has 2 heteroatoms. The van der Waals surface area contributed by atoms with Crippen molar-refractivity contribution in [1.29, 1.82) is 0 Å². The Kier molecular flexibility index (Phi) is 6.08. The lowest BCUT2D eigenvalue weighted by molar-refractivity contribution is 0.306. The molecule has 1 unspecified atom stereocenters. The summed E-state index contributed by atoms with van der Waals surface area (Å²) < 4.78 is 5.94. The van der Waals surface area contributed by atoms with Crippen molar-refractivity contribution in [2.24, 2.45) is 5.73 Å². The summed E-state index contributed by atoms with van der Waals surface area (Å²) in [6.07, 6.45) is 9.86. The second kappa shape index (κ2) is 8.70. The van der Waals surface area contributed by atoms with Gasteiger partial charge in [-0.15, -0.1) is 0 Å². The third-order valence-electron chi connectivity index (χ3n) is 4.69. The van der Waals surface area contributed by atoms with Crippen molar-refractivity contribution in [3.05, 3.63) is 77.4 Å². The molecular weight excluding hydrogens is 294 g/mol. The van der Waals surface area contributed by atoms with Gasteiger partial charge < -0.3 is 10.5 Å². The number of rotatable bonds is 5. The van der Waals surface area contributed by atoms with E-state index in [2.05, 4.69) is 30.3 Å². The highest BCUT2D eigenvalue weighted by Crippen LogP contribution is 2.29. The number of hydrogen-bond donors (Lipinski definition) is 1. The highest BCUT2D eigenvalue weighted by atomic mass is 16.5. The van der Waals surface area contributed by atoms with Crippen LogP contribution in [-0.4, -0.2) is 0 Å². The molecule has 2 aromatic carbocycles. The molecule has 0 amide bonds. The van der Waals surface area contributed by atoms with Gasteiger partial charge in [0.1, 0.15) is 12.4 Å². The van der Waals surface area contributed by atoms with Crippen LogP contribution in [0.3, 0.4) is 0 Å². The van der Waals surface area contributed by atoms with Gasteiger partial charge in [-0.3, -0.25) is 0 Å². The molecule has 2 N–H and O–H groups in total. The number of ether oxygens (including phenoxy) is 1. The molecule has 0 fully saturated rings. The van der Waals surface area contributed by atoms with Gasteiger partial charge >= 0.3 is 0 Å². The van der Waals surface area contributed by atoms with E-state index in [0.29, 0.717) is 6.61 Å². The Balaban J connectivity index is 1.67. The fourth-order valence-corrected chi connectivity index (χ4v) is 3.25. The van der Waals surface area contributed by atoms with Gasteiger partial charge in [-0.05, 0) is 48.9 Å². The van der Waals surface area contributed by atoms with Gasteiger partial charge in [0.2, 0.25) is 0 Å². The number of hydrogen-bond acceptors (Lipinski definition) is 2. The highest BCUT2D eigenvalue weighted by Gasteiger charge is 2.13. The predicted octanol–water partition coefficient (Wildman–Crippen LogP) is 5.55. The molecule has 1 aliphatic carbocycles. The Morgan fingerprint density at radius 2 is 1.75 bits per heavy atom. The normalized spacial score (nSPS) is 18.8. The summed E-state index contributed by atoms with van der Waals surface area (Å²) >= 11 is 0. The summed E-state index contributed by atoms with van der Waals surface area (Å²) in [4.78, 5) is 0. The average Bonchev–Trinajstić information content (AvgIpc) is 2.60. The van der Waals surface area contributed by atoms with E-state index in [1.165, 1.54) is 36.8 Å². The molecule has 1 atom stereocenters. The zero-order valence-corrected chi connectivity index (χ0v) is 14.3. The molecule has 0 bridgehead atoms. The van der Waals surface area contributed by atoms with Crippen LogP contribution in [0, 0.1) is 0 Å². The molecule has 0 saturated heterocycles. The molecule has 0 spiro atoms. The zero-order valence-electron chi connectivity index (χ0n) is 14.3. The van der Waals surface area contributed by atoms with Crippen LogP contribution in [0.5, 0.6) is 5.75 Å². The van der Waals surface area contributed by atoms with Crippen molar-refractivity contribution in [3.63, 3.8) is 0 Å². The number of allylic oxidation sites excluding steroid dienone is 1. The minimum Gasteiger partial charge on any atom is -0.489 e. The summed E-state index contributed by atoms with van der Waals surface area (Å²) in [7, 11) is 0. The maximum atomic E-state index is 6.54. The fourth-order valence-electron chi connectivity index (χ4n) is 3.25. The molecule has 2 nitrogen and oxygen atoms in total. The molecule has 0 aromatic heterocycles. The molecule has 0 radical (unpaired) electrons. The summed E-state index contributed by atoms with van der Waals surface area (Å²) in [6, 6.07) is 18.5. The van der Waals surface area contributed by atoms with Gasteiger partial charge in [0.25, 0.3) is 0 Å². The monoisotopic (exact) mass is 321 g/mol. The molecule has 24 heavy (non-hydrogen) atoms. The van der Waals surface area contributed by atoms with Crippen molar-refractivity contribution in [2.45, 2.75) is 51.2 Å². The van der Waals surface area contributed by atoms with E-state index in [1.807, 2.05) is 30.3 Å². The second-order valence-electron chi connectivity index (χ2n) is 6.56. The Labute approximate surface area is 145 Å². The van der Waals surface area contributed by atoms with Crippen LogP contribution in [0.25, 0.3) is 0 Å². The van der Waals surface area contributed by atoms with Crippen LogP contribution in [0.1, 0.15) is 55.7 Å². The number of nitrogens with two attached hydrogens (primary N) is 1. The molecule has 3 rings (SSSR count). The molecule has 0 saturated carbocycles. The van der Waals surface area contributed by atoms with Crippen molar-refractivity contribution in [1.82, 2.24) is 0 Å². The van der Waals surface area contributed by atoms with Gasteiger partial charge in [-0.1, -0.05) is 67.0 Å². The molecule has 0 aliphatic heterocycles. The summed E-state index contributed by atoms with van der Waals surface area (Å²) in [5.74, 6) is 0.887. The quantitative estimate of drug-likeness (QED) is 0.733. The fraction of sp³-hybridized carbons (Fsp3) is 0.364. The van der Waals surface area contributed by atoms with Crippen molar-refractivity contribution < 1.29 is 4.74 Å². The Hall–Kier alpha value is -2.06. The van der Waals surface area contributed by atoms with Crippen molar-refractivity contribution in [3.8, 4) is 5.75 Å². The first kappa shape index (κ1) is 16.8. The lowest BCUT2D eigenvalue weighted by Gasteiger charge is -2.19. The summed E-state index contributed by atoms with van der Waals surface area (Å²) in [5, 5.41) is 0. The number of benzene rings is 2. The third-order valence-corrected chi connectivity index (χ3v) is 4.69. The van der Waals surface area contributed by atoms with Crippen LogP contribution < -0.4 is 10.5 Å². The van der Waals surface area contributed by atoms with Crippen molar-refractivity contribution in [2.75, 3.05) is 0 Å². The molecule has 1 aliphatic rings. The molecular formula is C22H27NO. The largest absolute Gasteiger partial charge is 0.489 e. The maximum absolute atomic E-state index is 6.54. The maximum Gasteiger partial charge on any atom is 0.120 e. The van der Waals surface area contributed by atoms with Gasteiger partial charge in [-0.25, -0.2) is 0 Å². The third kappa shape index (κ3) is 4.72. The SMILES string of the molecule is NC(/C1=C/CCCCCC1)c1cccc(OCc2ccccc2)c1. The molecule has 2 aromatic rings. The summed E-state index contributed by atoms with van der Waals surface area (Å²) in [5.41, 5.74) is 10.2. The van der Waals surface area contributed by atoms with E-state index in [-0.39, 0.29) is 6.04 Å². The van der Waals surface area contributed by atoms with Gasteiger partial charge in [0.05, 0.1) is 6.04 Å². The Bertz CT molecular complexity index is 663. The van der Waals surface area contributed by atoms with Crippen LogP contribution in [-0.2, 0) is 6.61 Å². The Morgan fingerprint density at radius 3 is 2.62 bits per heavy atom. The van der Waals surface area contributed by atoms with E-state index in [1.54, 1.807) is 0 Å². The van der Waals surface area contributed by atoms with Crippen LogP contribution in [0.15, 0.2) is 66.2 Å². The minimum absolute atomic E-state index is 0.0108. The highest BCUT2D eigenvalue weighted by molar-refractivity contribution is 5.35.